The minimum atomic E-state index is -1.60. The van der Waals surface area contributed by atoms with Crippen molar-refractivity contribution >= 4 is 11.9 Å². The van der Waals surface area contributed by atoms with Crippen LogP contribution in [0, 0.1) is 0 Å². The van der Waals surface area contributed by atoms with Crippen LogP contribution < -0.4 is 0 Å². The predicted octanol–water partition coefficient (Wildman–Crippen LogP) is 10.9. The standard InChI is InChI=1S/C49H90O10/c1-3-5-7-9-11-13-15-17-18-19-20-21-22-23-24-26-27-29-31-33-35-37-44(51)56-40-42(41-57-49-48(55)47(54)46(53)43(39-50)59-49)58-45(52)38-36-34-32-30-28-25-16-14-12-10-8-6-4-2/h17-18,25,28,42-43,46-50,53-55H,3-16,19-24,26-27,29-41H2,1-2H3/b18-17+,28-25+/t42-,43-,46+,47?,48?,49-/m0/s1. The average molecular weight is 839 g/mol. The van der Waals surface area contributed by atoms with Crippen molar-refractivity contribution in [2.75, 3.05) is 19.8 Å². The number of aliphatic hydroxyl groups excluding tert-OH is 4. The molecule has 1 heterocycles. The SMILES string of the molecule is CCCCCCCC/C=C/CCCCCCCCCCCCCC(=O)OC[C@@H](CO[C@H]1O[C@@H](CO)[C@@H](O)C(O)C1O)OC(=O)CCCCC/C=C/CCCCCCCC. The van der Waals surface area contributed by atoms with Gasteiger partial charge in [0.2, 0.25) is 0 Å². The lowest BCUT2D eigenvalue weighted by molar-refractivity contribution is -0.305. The van der Waals surface area contributed by atoms with Gasteiger partial charge in [-0.2, -0.15) is 0 Å². The molecule has 1 fully saturated rings. The lowest BCUT2D eigenvalue weighted by Gasteiger charge is -2.39. The van der Waals surface area contributed by atoms with E-state index in [0.29, 0.717) is 6.42 Å². The molecule has 0 radical (unpaired) electrons. The fourth-order valence-electron chi connectivity index (χ4n) is 7.41. The molecule has 0 aromatic heterocycles. The molecule has 0 aromatic carbocycles. The fourth-order valence-corrected chi connectivity index (χ4v) is 7.41. The summed E-state index contributed by atoms with van der Waals surface area (Å²) in [6, 6.07) is 0. The summed E-state index contributed by atoms with van der Waals surface area (Å²) < 4.78 is 22.2. The number of esters is 2. The average Bonchev–Trinajstić information content (AvgIpc) is 3.23. The van der Waals surface area contributed by atoms with Crippen molar-refractivity contribution in [2.45, 2.75) is 256 Å². The highest BCUT2D eigenvalue weighted by atomic mass is 16.7. The molecule has 0 aromatic rings. The van der Waals surface area contributed by atoms with Crippen molar-refractivity contribution < 1.29 is 49.0 Å². The van der Waals surface area contributed by atoms with Crippen LogP contribution in [0.5, 0.6) is 0 Å². The third-order valence-electron chi connectivity index (χ3n) is 11.3. The molecule has 2 unspecified atom stereocenters. The van der Waals surface area contributed by atoms with E-state index in [0.717, 1.165) is 44.9 Å². The quantitative estimate of drug-likeness (QED) is 0.0266. The van der Waals surface area contributed by atoms with Gasteiger partial charge in [-0.25, -0.2) is 0 Å². The summed E-state index contributed by atoms with van der Waals surface area (Å²) in [4.78, 5) is 25.4. The first-order chi connectivity index (χ1) is 28.8. The molecule has 0 aliphatic carbocycles. The molecule has 0 bridgehead atoms. The van der Waals surface area contributed by atoms with E-state index in [1.165, 1.54) is 141 Å². The molecule has 1 rings (SSSR count). The normalized spacial score (nSPS) is 20.1. The van der Waals surface area contributed by atoms with Gasteiger partial charge in [-0.3, -0.25) is 9.59 Å². The summed E-state index contributed by atoms with van der Waals surface area (Å²) in [5.74, 6) is -0.819. The zero-order chi connectivity index (χ0) is 43.0. The Morgan fingerprint density at radius 3 is 1.34 bits per heavy atom. The van der Waals surface area contributed by atoms with Crippen LogP contribution in [0.2, 0.25) is 0 Å². The summed E-state index contributed by atoms with van der Waals surface area (Å²) in [6.45, 7) is 3.41. The maximum absolute atomic E-state index is 12.8. The number of aliphatic hydroxyl groups is 4. The molecule has 10 heteroatoms. The molecule has 6 atom stereocenters. The van der Waals surface area contributed by atoms with E-state index in [-0.39, 0.29) is 32.0 Å². The Morgan fingerprint density at radius 2 is 0.898 bits per heavy atom. The smallest absolute Gasteiger partial charge is 0.306 e. The van der Waals surface area contributed by atoms with Crippen molar-refractivity contribution in [1.29, 1.82) is 0 Å². The lowest BCUT2D eigenvalue weighted by Crippen LogP contribution is -2.59. The molecule has 4 N–H and O–H groups in total. The molecule has 10 nitrogen and oxygen atoms in total. The van der Waals surface area contributed by atoms with E-state index < -0.39 is 49.4 Å². The number of ether oxygens (including phenoxy) is 4. The number of hydrogen-bond acceptors (Lipinski definition) is 10. The van der Waals surface area contributed by atoms with Crippen LogP contribution in [0.15, 0.2) is 24.3 Å². The van der Waals surface area contributed by atoms with Gasteiger partial charge in [-0.1, -0.05) is 167 Å². The third kappa shape index (κ3) is 31.7. The zero-order valence-corrected chi connectivity index (χ0v) is 37.8. The Hall–Kier alpha value is -1.82. The van der Waals surface area contributed by atoms with E-state index >= 15 is 0 Å². The molecular formula is C49H90O10. The van der Waals surface area contributed by atoms with Crippen LogP contribution in [0.3, 0.4) is 0 Å². The lowest BCUT2D eigenvalue weighted by atomic mass is 9.99. The number of hydrogen-bond donors (Lipinski definition) is 4. The highest BCUT2D eigenvalue weighted by molar-refractivity contribution is 5.70. The van der Waals surface area contributed by atoms with Crippen molar-refractivity contribution in [1.82, 2.24) is 0 Å². The Bertz CT molecular complexity index is 1020. The van der Waals surface area contributed by atoms with E-state index in [9.17, 15) is 30.0 Å². The van der Waals surface area contributed by atoms with Gasteiger partial charge in [0.1, 0.15) is 31.0 Å². The molecule has 1 saturated heterocycles. The number of rotatable bonds is 41. The summed E-state index contributed by atoms with van der Waals surface area (Å²) in [7, 11) is 0. The molecule has 0 saturated carbocycles. The Labute approximate surface area is 360 Å². The topological polar surface area (TPSA) is 152 Å². The molecular weight excluding hydrogens is 749 g/mol. The highest BCUT2D eigenvalue weighted by Crippen LogP contribution is 2.23. The minimum absolute atomic E-state index is 0.212. The fraction of sp³-hybridized carbons (Fsp3) is 0.878. The molecule has 0 spiro atoms. The Kier molecular flexibility index (Phi) is 37.7. The van der Waals surface area contributed by atoms with Gasteiger partial charge in [0.15, 0.2) is 12.4 Å². The minimum Gasteiger partial charge on any atom is -0.462 e. The van der Waals surface area contributed by atoms with Crippen LogP contribution in [-0.4, -0.2) is 89.0 Å². The zero-order valence-electron chi connectivity index (χ0n) is 37.8. The summed E-state index contributed by atoms with van der Waals surface area (Å²) >= 11 is 0. The Morgan fingerprint density at radius 1 is 0.508 bits per heavy atom. The first-order valence-electron chi connectivity index (χ1n) is 24.4. The first-order valence-corrected chi connectivity index (χ1v) is 24.4. The Balaban J connectivity index is 2.26. The van der Waals surface area contributed by atoms with Crippen LogP contribution in [0.4, 0.5) is 0 Å². The molecule has 1 aliphatic rings. The van der Waals surface area contributed by atoms with Gasteiger partial charge in [-0.05, 0) is 64.2 Å². The van der Waals surface area contributed by atoms with E-state index in [2.05, 4.69) is 38.2 Å². The maximum atomic E-state index is 12.8. The summed E-state index contributed by atoms with van der Waals surface area (Å²) in [5.41, 5.74) is 0. The summed E-state index contributed by atoms with van der Waals surface area (Å²) in [6.07, 6.45) is 37.6. The van der Waals surface area contributed by atoms with Crippen LogP contribution in [-0.2, 0) is 28.5 Å². The van der Waals surface area contributed by atoms with E-state index in [4.69, 9.17) is 18.9 Å². The van der Waals surface area contributed by atoms with Gasteiger partial charge in [0.25, 0.3) is 0 Å². The monoisotopic (exact) mass is 839 g/mol. The first kappa shape index (κ1) is 55.2. The van der Waals surface area contributed by atoms with Crippen LogP contribution in [0.1, 0.15) is 219 Å². The second-order valence-electron chi connectivity index (χ2n) is 16.9. The third-order valence-corrected chi connectivity index (χ3v) is 11.3. The largest absolute Gasteiger partial charge is 0.462 e. The number of unbranched alkanes of at least 4 members (excludes halogenated alkanes) is 26. The van der Waals surface area contributed by atoms with Crippen molar-refractivity contribution in [3.8, 4) is 0 Å². The van der Waals surface area contributed by atoms with Crippen LogP contribution in [0.25, 0.3) is 0 Å². The predicted molar refractivity (Wildman–Crippen MR) is 238 cm³/mol. The van der Waals surface area contributed by atoms with E-state index in [1.54, 1.807) is 0 Å². The second kappa shape index (κ2) is 40.3. The van der Waals surface area contributed by atoms with Crippen molar-refractivity contribution in [3.63, 3.8) is 0 Å². The molecule has 59 heavy (non-hydrogen) atoms. The maximum Gasteiger partial charge on any atom is 0.306 e. The van der Waals surface area contributed by atoms with E-state index in [1.807, 2.05) is 0 Å². The van der Waals surface area contributed by atoms with Gasteiger partial charge >= 0.3 is 11.9 Å². The van der Waals surface area contributed by atoms with Crippen molar-refractivity contribution in [2.24, 2.45) is 0 Å². The number of carbonyl (C=O) groups excluding carboxylic acids is 2. The highest BCUT2D eigenvalue weighted by Gasteiger charge is 2.44. The van der Waals surface area contributed by atoms with Gasteiger partial charge in [-0.15, -0.1) is 0 Å². The van der Waals surface area contributed by atoms with Crippen LogP contribution >= 0.6 is 0 Å². The molecule has 0 amide bonds. The summed E-state index contributed by atoms with van der Waals surface area (Å²) in [5, 5.41) is 40.1. The molecule has 346 valence electrons. The van der Waals surface area contributed by atoms with Gasteiger partial charge in [0.05, 0.1) is 13.2 Å². The van der Waals surface area contributed by atoms with Gasteiger partial charge in [0, 0.05) is 12.8 Å². The molecule has 1 aliphatic heterocycles. The second-order valence-corrected chi connectivity index (χ2v) is 16.9. The number of carbonyl (C=O) groups is 2. The van der Waals surface area contributed by atoms with Gasteiger partial charge < -0.3 is 39.4 Å². The number of allylic oxidation sites excluding steroid dienone is 4. The van der Waals surface area contributed by atoms with Crippen molar-refractivity contribution in [3.05, 3.63) is 24.3 Å².